The molecule has 1 aliphatic heterocycles. The number of ether oxygens (including phenoxy) is 1. The second-order valence-corrected chi connectivity index (χ2v) is 7.92. The minimum atomic E-state index is -0.591. The van der Waals surface area contributed by atoms with E-state index in [0.717, 1.165) is 36.5 Å². The van der Waals surface area contributed by atoms with E-state index in [1.54, 1.807) is 4.90 Å². The summed E-state index contributed by atoms with van der Waals surface area (Å²) in [6.07, 6.45) is 2.13. The fourth-order valence-corrected chi connectivity index (χ4v) is 3.31. The third kappa shape index (κ3) is 5.82. The first-order valence-corrected chi connectivity index (χ1v) is 10.4. The third-order valence-electron chi connectivity index (χ3n) is 5.43. The molecule has 0 saturated heterocycles. The minimum absolute atomic E-state index is 0.0804. The fraction of sp³-hybridized carbons (Fsp3) is 0.500. The SMILES string of the molecule is CC(C)N(C)Cc1ncn2c1CN(C(=O)CNC(=O)OCc1ccccc1)CCC2. The van der Waals surface area contributed by atoms with Crippen LogP contribution in [0.4, 0.5) is 4.79 Å². The normalized spacial score (nSPS) is 13.8. The van der Waals surface area contributed by atoms with Gasteiger partial charge in [0.25, 0.3) is 0 Å². The van der Waals surface area contributed by atoms with Gasteiger partial charge in [0.1, 0.15) is 13.2 Å². The summed E-state index contributed by atoms with van der Waals surface area (Å²) in [5.74, 6) is -0.121. The molecule has 8 nitrogen and oxygen atoms in total. The van der Waals surface area contributed by atoms with Crippen LogP contribution in [-0.4, -0.2) is 57.5 Å². The molecule has 30 heavy (non-hydrogen) atoms. The van der Waals surface area contributed by atoms with Crippen molar-refractivity contribution in [3.8, 4) is 0 Å². The monoisotopic (exact) mass is 413 g/mol. The number of benzene rings is 1. The van der Waals surface area contributed by atoms with Crippen LogP contribution in [0.3, 0.4) is 0 Å². The number of fused-ring (bicyclic) bond motifs is 1. The lowest BCUT2D eigenvalue weighted by Gasteiger charge is -2.23. The number of hydrogen-bond acceptors (Lipinski definition) is 5. The molecule has 1 aromatic carbocycles. The lowest BCUT2D eigenvalue weighted by atomic mass is 10.2. The van der Waals surface area contributed by atoms with E-state index in [2.05, 4.69) is 40.7 Å². The molecule has 8 heteroatoms. The highest BCUT2D eigenvalue weighted by Crippen LogP contribution is 2.18. The molecule has 1 aromatic heterocycles. The van der Waals surface area contributed by atoms with Crippen molar-refractivity contribution < 1.29 is 14.3 Å². The number of nitrogens with zero attached hydrogens (tertiary/aromatic N) is 4. The highest BCUT2D eigenvalue weighted by Gasteiger charge is 2.23. The maximum absolute atomic E-state index is 12.7. The molecule has 3 rings (SSSR count). The van der Waals surface area contributed by atoms with Crippen molar-refractivity contribution in [3.05, 3.63) is 53.6 Å². The topological polar surface area (TPSA) is 79.7 Å². The van der Waals surface area contributed by atoms with Crippen LogP contribution >= 0.6 is 0 Å². The minimum Gasteiger partial charge on any atom is -0.445 e. The number of hydrogen-bond donors (Lipinski definition) is 1. The van der Waals surface area contributed by atoms with Crippen LogP contribution in [0.2, 0.25) is 0 Å². The molecule has 0 saturated carbocycles. The summed E-state index contributed by atoms with van der Waals surface area (Å²) in [6.45, 7) is 7.12. The van der Waals surface area contributed by atoms with Gasteiger partial charge in [-0.25, -0.2) is 9.78 Å². The summed E-state index contributed by atoms with van der Waals surface area (Å²) in [6, 6.07) is 9.85. The number of carbonyl (C=O) groups is 2. The van der Waals surface area contributed by atoms with Crippen LogP contribution in [0.15, 0.2) is 36.7 Å². The molecule has 2 amide bonds. The maximum Gasteiger partial charge on any atom is 0.407 e. The largest absolute Gasteiger partial charge is 0.445 e. The van der Waals surface area contributed by atoms with Gasteiger partial charge in [0.15, 0.2) is 0 Å². The van der Waals surface area contributed by atoms with Gasteiger partial charge in [-0.2, -0.15) is 0 Å². The zero-order chi connectivity index (χ0) is 21.5. The van der Waals surface area contributed by atoms with Crippen LogP contribution in [-0.2, 0) is 35.8 Å². The Morgan fingerprint density at radius 3 is 2.73 bits per heavy atom. The van der Waals surface area contributed by atoms with E-state index in [9.17, 15) is 9.59 Å². The zero-order valence-corrected chi connectivity index (χ0v) is 18.0. The van der Waals surface area contributed by atoms with Crippen molar-refractivity contribution in [2.24, 2.45) is 0 Å². The van der Waals surface area contributed by atoms with Gasteiger partial charge < -0.3 is 19.5 Å². The highest BCUT2D eigenvalue weighted by atomic mass is 16.5. The Balaban J connectivity index is 1.53. The lowest BCUT2D eigenvalue weighted by molar-refractivity contribution is -0.130. The molecule has 2 heterocycles. The first kappa shape index (κ1) is 21.8. The molecule has 1 N–H and O–H groups in total. The molecule has 162 valence electrons. The van der Waals surface area contributed by atoms with E-state index in [0.29, 0.717) is 19.1 Å². The fourth-order valence-electron chi connectivity index (χ4n) is 3.31. The second-order valence-electron chi connectivity index (χ2n) is 7.92. The third-order valence-corrected chi connectivity index (χ3v) is 5.43. The predicted octanol–water partition coefficient (Wildman–Crippen LogP) is 2.38. The van der Waals surface area contributed by atoms with Crippen molar-refractivity contribution in [2.75, 3.05) is 20.1 Å². The molecule has 0 unspecified atom stereocenters. The number of alkyl carbamates (subject to hydrolysis) is 1. The average Bonchev–Trinajstić information content (AvgIpc) is 2.98. The van der Waals surface area contributed by atoms with Gasteiger partial charge in [0, 0.05) is 25.7 Å². The van der Waals surface area contributed by atoms with E-state index >= 15 is 0 Å². The first-order valence-electron chi connectivity index (χ1n) is 10.4. The van der Waals surface area contributed by atoms with Crippen molar-refractivity contribution in [2.45, 2.75) is 52.6 Å². The molecule has 0 aliphatic carbocycles. The first-order chi connectivity index (χ1) is 14.4. The summed E-state index contributed by atoms with van der Waals surface area (Å²) in [4.78, 5) is 33.3. The van der Waals surface area contributed by atoms with Crippen LogP contribution in [0, 0.1) is 0 Å². The molecular formula is C22H31N5O3. The van der Waals surface area contributed by atoms with Crippen LogP contribution in [0.25, 0.3) is 0 Å². The van der Waals surface area contributed by atoms with Gasteiger partial charge in [0.2, 0.25) is 5.91 Å². The van der Waals surface area contributed by atoms with Crippen molar-refractivity contribution in [1.29, 1.82) is 0 Å². The lowest BCUT2D eigenvalue weighted by Crippen LogP contribution is -2.40. The molecule has 0 atom stereocenters. The van der Waals surface area contributed by atoms with E-state index in [1.165, 1.54) is 0 Å². The van der Waals surface area contributed by atoms with Gasteiger partial charge >= 0.3 is 6.09 Å². The summed E-state index contributed by atoms with van der Waals surface area (Å²) in [5.41, 5.74) is 2.97. The van der Waals surface area contributed by atoms with Gasteiger partial charge in [-0.05, 0) is 32.9 Å². The van der Waals surface area contributed by atoms with Crippen molar-refractivity contribution in [3.63, 3.8) is 0 Å². The Labute approximate surface area is 177 Å². The number of imidazole rings is 1. The molecular weight excluding hydrogens is 382 g/mol. The van der Waals surface area contributed by atoms with E-state index < -0.39 is 6.09 Å². The molecule has 1 aliphatic rings. The Kier molecular flexibility index (Phi) is 7.46. The molecule has 0 bridgehead atoms. The zero-order valence-electron chi connectivity index (χ0n) is 18.0. The molecule has 2 aromatic rings. The van der Waals surface area contributed by atoms with Crippen molar-refractivity contribution >= 4 is 12.0 Å². The second kappa shape index (κ2) is 10.2. The molecule has 0 spiro atoms. The summed E-state index contributed by atoms with van der Waals surface area (Å²) >= 11 is 0. The predicted molar refractivity (Wildman–Crippen MR) is 113 cm³/mol. The standard InChI is InChI=1S/C22H31N5O3/c1-17(2)25(3)13-19-20-14-26(10-7-11-27(20)16-24-19)21(28)12-23-22(29)30-15-18-8-5-4-6-9-18/h4-6,8-9,16-17H,7,10-15H2,1-3H3,(H,23,29). The van der Waals surface area contributed by atoms with Crippen LogP contribution in [0.1, 0.15) is 37.2 Å². The number of amides is 2. The Morgan fingerprint density at radius 1 is 1.23 bits per heavy atom. The van der Waals surface area contributed by atoms with Gasteiger partial charge in [0.05, 0.1) is 24.3 Å². The quantitative estimate of drug-likeness (QED) is 0.754. The van der Waals surface area contributed by atoms with E-state index in [4.69, 9.17) is 4.74 Å². The van der Waals surface area contributed by atoms with Gasteiger partial charge in [-0.1, -0.05) is 30.3 Å². The summed E-state index contributed by atoms with van der Waals surface area (Å²) in [5, 5.41) is 2.57. The number of nitrogens with one attached hydrogen (secondary N) is 1. The maximum atomic E-state index is 12.7. The highest BCUT2D eigenvalue weighted by molar-refractivity contribution is 5.82. The van der Waals surface area contributed by atoms with Gasteiger partial charge in [-0.15, -0.1) is 0 Å². The molecule has 0 fully saturated rings. The number of aromatic nitrogens is 2. The van der Waals surface area contributed by atoms with Crippen LogP contribution < -0.4 is 5.32 Å². The van der Waals surface area contributed by atoms with Crippen molar-refractivity contribution in [1.82, 2.24) is 24.7 Å². The average molecular weight is 414 g/mol. The van der Waals surface area contributed by atoms with E-state index in [1.807, 2.05) is 36.7 Å². The number of aryl methyl sites for hydroxylation is 1. The Hall–Kier alpha value is -2.87. The Morgan fingerprint density at radius 2 is 2.00 bits per heavy atom. The number of carbonyl (C=O) groups excluding carboxylic acids is 2. The van der Waals surface area contributed by atoms with E-state index in [-0.39, 0.29) is 19.1 Å². The summed E-state index contributed by atoms with van der Waals surface area (Å²) < 4.78 is 7.32. The number of rotatable bonds is 7. The van der Waals surface area contributed by atoms with Gasteiger partial charge in [-0.3, -0.25) is 9.69 Å². The summed E-state index contributed by atoms with van der Waals surface area (Å²) in [7, 11) is 2.07. The molecule has 0 radical (unpaired) electrons. The van der Waals surface area contributed by atoms with Crippen LogP contribution in [0.5, 0.6) is 0 Å². The smallest absolute Gasteiger partial charge is 0.407 e. The Bertz CT molecular complexity index is 850.